The van der Waals surface area contributed by atoms with Gasteiger partial charge < -0.3 is 15.7 Å². The first-order valence-electron chi connectivity index (χ1n) is 5.89. The third kappa shape index (κ3) is 4.65. The highest BCUT2D eigenvalue weighted by Gasteiger charge is 2.17. The Morgan fingerprint density at radius 1 is 1.41 bits per heavy atom. The van der Waals surface area contributed by atoms with E-state index in [9.17, 15) is 9.59 Å². The molecule has 92 valence electrons. The second kappa shape index (κ2) is 6.65. The van der Waals surface area contributed by atoms with E-state index in [1.165, 1.54) is 0 Å². The Bertz CT molecular complexity index is 398. The minimum Gasteiger partial charge on any atom is -0.394 e. The zero-order valence-electron chi connectivity index (χ0n) is 10.3. The second-order valence-electron chi connectivity index (χ2n) is 3.51. The van der Waals surface area contributed by atoms with Crippen molar-refractivity contribution in [2.45, 2.75) is 19.5 Å². The van der Waals surface area contributed by atoms with Crippen LogP contribution in [0, 0.1) is 0 Å². The Balaban J connectivity index is 2.45. The van der Waals surface area contributed by atoms with Crippen LogP contribution in [0.4, 0.5) is 0 Å². The predicted octanol–water partition coefficient (Wildman–Crippen LogP) is -0.200. The van der Waals surface area contributed by atoms with Gasteiger partial charge in [0.1, 0.15) is 6.04 Å². The fourth-order valence-electron chi connectivity index (χ4n) is 1.30. The monoisotopic (exact) mass is 237 g/mol. The molecule has 1 rings (SSSR count). The van der Waals surface area contributed by atoms with Crippen LogP contribution in [-0.2, 0) is 16.1 Å². The van der Waals surface area contributed by atoms with E-state index in [2.05, 4.69) is 10.6 Å². The van der Waals surface area contributed by atoms with Gasteiger partial charge in [-0.25, -0.2) is 0 Å². The summed E-state index contributed by atoms with van der Waals surface area (Å²) < 4.78 is 6.83. The molecule has 0 radical (unpaired) electrons. The summed E-state index contributed by atoms with van der Waals surface area (Å²) in [5.41, 5.74) is 0.925. The highest BCUT2D eigenvalue weighted by atomic mass is 16.3. The van der Waals surface area contributed by atoms with Gasteiger partial charge in [-0.2, -0.15) is 0 Å². The number of nitrogens with one attached hydrogen (secondary N) is 2. The van der Waals surface area contributed by atoms with E-state index in [-0.39, 0.29) is 0 Å². The number of hydrogen-bond donors (Lipinski definition) is 3. The Morgan fingerprint density at radius 3 is 2.71 bits per heavy atom. The van der Waals surface area contributed by atoms with Gasteiger partial charge in [-0.3, -0.25) is 9.59 Å². The highest BCUT2D eigenvalue weighted by Crippen LogP contribution is 1.97. The van der Waals surface area contributed by atoms with E-state index in [0.717, 1.165) is 5.56 Å². The molecule has 0 saturated heterocycles. The van der Waals surface area contributed by atoms with Gasteiger partial charge in [0.15, 0.2) is 0 Å². The number of amides is 2. The van der Waals surface area contributed by atoms with Crippen molar-refractivity contribution in [2.75, 3.05) is 6.61 Å². The van der Waals surface area contributed by atoms with Crippen molar-refractivity contribution in [1.82, 2.24) is 10.6 Å². The normalized spacial score (nSPS) is 12.4. The molecule has 5 nitrogen and oxygen atoms in total. The molecule has 0 aliphatic rings. The Kier molecular flexibility index (Phi) is 4.54. The van der Waals surface area contributed by atoms with Gasteiger partial charge in [-0.1, -0.05) is 30.3 Å². The summed E-state index contributed by atoms with van der Waals surface area (Å²) in [4.78, 5) is 22.6. The zero-order chi connectivity index (χ0) is 13.4. The number of carbonyl (C=O) groups is 2. The first kappa shape index (κ1) is 11.6. The van der Waals surface area contributed by atoms with Crippen molar-refractivity contribution in [2.24, 2.45) is 0 Å². The number of aliphatic hydroxyl groups is 1. The van der Waals surface area contributed by atoms with Crippen molar-refractivity contribution in [3.63, 3.8) is 0 Å². The summed E-state index contributed by atoms with van der Waals surface area (Å²) in [7, 11) is 0. The van der Waals surface area contributed by atoms with Crippen LogP contribution < -0.4 is 10.6 Å². The number of aliphatic hydroxyl groups excluding tert-OH is 1. The lowest BCUT2D eigenvalue weighted by Crippen LogP contribution is -2.48. The molecule has 1 aromatic rings. The lowest BCUT2D eigenvalue weighted by Gasteiger charge is -2.14. The average molecular weight is 237 g/mol. The topological polar surface area (TPSA) is 78.4 Å². The summed E-state index contributed by atoms with van der Waals surface area (Å²) in [6, 6.07) is 8.29. The SMILES string of the molecule is [2H]CC(=O)N[C@@H](CO)C(=O)NCc1ccccc1. The lowest BCUT2D eigenvalue weighted by atomic mass is 10.2. The van der Waals surface area contributed by atoms with Crippen molar-refractivity contribution < 1.29 is 16.1 Å². The van der Waals surface area contributed by atoms with Gasteiger partial charge in [-0.15, -0.1) is 0 Å². The molecule has 0 aliphatic heterocycles. The van der Waals surface area contributed by atoms with E-state index >= 15 is 0 Å². The summed E-state index contributed by atoms with van der Waals surface area (Å²) in [5, 5.41) is 13.9. The van der Waals surface area contributed by atoms with Crippen LogP contribution in [-0.4, -0.2) is 29.6 Å². The smallest absolute Gasteiger partial charge is 0.245 e. The predicted molar refractivity (Wildman–Crippen MR) is 63.0 cm³/mol. The third-order valence-corrected chi connectivity index (χ3v) is 2.14. The van der Waals surface area contributed by atoms with Crippen LogP contribution in [0.1, 0.15) is 13.8 Å². The molecule has 0 heterocycles. The average Bonchev–Trinajstić information content (AvgIpc) is 2.42. The summed E-state index contributed by atoms with van der Waals surface area (Å²) >= 11 is 0. The highest BCUT2D eigenvalue weighted by molar-refractivity contribution is 5.86. The Labute approximate surface area is 101 Å². The first-order chi connectivity index (χ1) is 8.67. The van der Waals surface area contributed by atoms with E-state index in [4.69, 9.17) is 6.48 Å². The van der Waals surface area contributed by atoms with E-state index < -0.39 is 31.4 Å². The standard InChI is InChI=1S/C12H16N2O3/c1-9(16)14-11(8-15)12(17)13-7-10-5-3-2-4-6-10/h2-6,11,15H,7-8H2,1H3,(H,13,17)(H,14,16)/t11-/m0/s1/i1D. The molecule has 0 bridgehead atoms. The molecule has 0 saturated carbocycles. The lowest BCUT2D eigenvalue weighted by molar-refractivity contribution is -0.129. The van der Waals surface area contributed by atoms with Gasteiger partial charge in [0.05, 0.1) is 6.61 Å². The van der Waals surface area contributed by atoms with Gasteiger partial charge in [0.2, 0.25) is 11.8 Å². The summed E-state index contributed by atoms with van der Waals surface area (Å²) in [6.07, 6.45) is 0. The first-order valence-corrected chi connectivity index (χ1v) is 5.18. The number of benzene rings is 1. The molecule has 5 heteroatoms. The van der Waals surface area contributed by atoms with Crippen LogP contribution in [0.3, 0.4) is 0 Å². The van der Waals surface area contributed by atoms with Crippen molar-refractivity contribution >= 4 is 11.8 Å². The largest absolute Gasteiger partial charge is 0.394 e. The number of carbonyl (C=O) groups excluding carboxylic acids is 2. The van der Waals surface area contributed by atoms with Crippen LogP contribution in [0.15, 0.2) is 30.3 Å². The van der Waals surface area contributed by atoms with Crippen LogP contribution in [0.25, 0.3) is 0 Å². The van der Waals surface area contributed by atoms with Gasteiger partial charge >= 0.3 is 0 Å². The maximum Gasteiger partial charge on any atom is 0.245 e. The molecule has 17 heavy (non-hydrogen) atoms. The molecule has 0 fully saturated rings. The molecule has 0 spiro atoms. The molecule has 0 aliphatic carbocycles. The molecular formula is C12H16N2O3. The van der Waals surface area contributed by atoms with Crippen molar-refractivity contribution in [1.29, 1.82) is 0 Å². The maximum atomic E-state index is 11.7. The summed E-state index contributed by atoms with van der Waals surface area (Å²) in [6.45, 7) is -0.637. The molecule has 1 atom stereocenters. The molecule has 2 amide bonds. The molecule has 1 aromatic carbocycles. The van der Waals surface area contributed by atoms with Crippen LogP contribution >= 0.6 is 0 Å². The Morgan fingerprint density at radius 2 is 2.12 bits per heavy atom. The maximum absolute atomic E-state index is 11.7. The van der Waals surface area contributed by atoms with E-state index in [1.807, 2.05) is 30.3 Å². The fraction of sp³-hybridized carbons (Fsp3) is 0.333. The van der Waals surface area contributed by atoms with Crippen LogP contribution in [0.2, 0.25) is 0 Å². The second-order valence-corrected chi connectivity index (χ2v) is 3.51. The molecular weight excluding hydrogens is 220 g/mol. The van der Waals surface area contributed by atoms with Crippen LogP contribution in [0.5, 0.6) is 0 Å². The minimum atomic E-state index is -1.01. The van der Waals surface area contributed by atoms with Gasteiger partial charge in [0.25, 0.3) is 0 Å². The molecule has 0 aromatic heterocycles. The number of hydrogen-bond acceptors (Lipinski definition) is 3. The van der Waals surface area contributed by atoms with E-state index in [0.29, 0.717) is 6.54 Å². The zero-order valence-corrected chi connectivity index (χ0v) is 9.35. The molecule has 0 unspecified atom stereocenters. The van der Waals surface area contributed by atoms with Crippen molar-refractivity contribution in [3.8, 4) is 0 Å². The van der Waals surface area contributed by atoms with Crippen molar-refractivity contribution in [3.05, 3.63) is 35.9 Å². The van der Waals surface area contributed by atoms with Gasteiger partial charge in [0, 0.05) is 14.8 Å². The van der Waals surface area contributed by atoms with E-state index in [1.54, 1.807) is 0 Å². The Hall–Kier alpha value is -1.88. The minimum absolute atomic E-state index is 0.326. The summed E-state index contributed by atoms with van der Waals surface area (Å²) in [5.74, 6) is -1.06. The number of rotatable bonds is 5. The third-order valence-electron chi connectivity index (χ3n) is 2.14. The van der Waals surface area contributed by atoms with Gasteiger partial charge in [-0.05, 0) is 5.56 Å². The quantitative estimate of drug-likeness (QED) is 0.663. The fourth-order valence-corrected chi connectivity index (χ4v) is 1.30. The molecule has 3 N–H and O–H groups in total.